The van der Waals surface area contributed by atoms with Crippen LogP contribution in [0.4, 0.5) is 0 Å². The maximum absolute atomic E-state index is 5.86. The van der Waals surface area contributed by atoms with E-state index in [2.05, 4.69) is 4.98 Å². The minimum Gasteiger partial charge on any atom is -0.485 e. The lowest BCUT2D eigenvalue weighted by Gasteiger charge is -2.14. The lowest BCUT2D eigenvalue weighted by molar-refractivity contribution is 0.184. The van der Waals surface area contributed by atoms with Crippen molar-refractivity contribution in [1.29, 1.82) is 0 Å². The summed E-state index contributed by atoms with van der Waals surface area (Å²) >= 11 is 5.85. The van der Waals surface area contributed by atoms with Gasteiger partial charge in [0.1, 0.15) is 11.4 Å². The van der Waals surface area contributed by atoms with Gasteiger partial charge in [0.15, 0.2) is 0 Å². The summed E-state index contributed by atoms with van der Waals surface area (Å²) in [4.78, 5) is 4.31. The fraction of sp³-hybridized carbons (Fsp3) is 0.500. The molecule has 0 radical (unpaired) electrons. The SMILES string of the molecule is NC[C@@H]1c2ncc(Cl)cc2OC12CC2. The zero-order valence-corrected chi connectivity index (χ0v) is 8.42. The minimum absolute atomic E-state index is 0.0330. The molecule has 1 spiro atoms. The van der Waals surface area contributed by atoms with Crippen molar-refractivity contribution < 1.29 is 4.74 Å². The highest BCUT2D eigenvalue weighted by molar-refractivity contribution is 6.30. The van der Waals surface area contributed by atoms with E-state index in [0.29, 0.717) is 11.6 Å². The van der Waals surface area contributed by atoms with Crippen LogP contribution in [0.1, 0.15) is 24.5 Å². The summed E-state index contributed by atoms with van der Waals surface area (Å²) in [6.45, 7) is 0.599. The normalized spacial score (nSPS) is 26.0. The quantitative estimate of drug-likeness (QED) is 0.768. The van der Waals surface area contributed by atoms with Crippen molar-refractivity contribution in [2.45, 2.75) is 24.4 Å². The van der Waals surface area contributed by atoms with E-state index in [1.54, 1.807) is 6.20 Å². The molecule has 2 aliphatic rings. The molecule has 2 N–H and O–H groups in total. The fourth-order valence-corrected chi connectivity index (χ4v) is 2.36. The molecule has 3 rings (SSSR count). The van der Waals surface area contributed by atoms with E-state index in [0.717, 1.165) is 24.3 Å². The molecule has 1 fully saturated rings. The molecule has 0 bridgehead atoms. The number of nitrogens with two attached hydrogens (primary N) is 1. The number of halogens is 1. The third kappa shape index (κ3) is 0.996. The molecule has 1 saturated carbocycles. The molecule has 0 amide bonds. The Labute approximate surface area is 87.2 Å². The summed E-state index contributed by atoms with van der Waals surface area (Å²) in [6.07, 6.45) is 3.83. The van der Waals surface area contributed by atoms with Crippen LogP contribution in [-0.2, 0) is 0 Å². The van der Waals surface area contributed by atoms with Crippen LogP contribution >= 0.6 is 11.6 Å². The average molecular weight is 211 g/mol. The molecule has 1 atom stereocenters. The van der Waals surface area contributed by atoms with Crippen molar-refractivity contribution in [1.82, 2.24) is 4.98 Å². The highest BCUT2D eigenvalue weighted by Gasteiger charge is 2.57. The van der Waals surface area contributed by atoms with E-state index < -0.39 is 0 Å². The summed E-state index contributed by atoms with van der Waals surface area (Å²) in [7, 11) is 0. The molecule has 0 aromatic carbocycles. The van der Waals surface area contributed by atoms with E-state index >= 15 is 0 Å². The van der Waals surface area contributed by atoms with Crippen LogP contribution in [0.15, 0.2) is 12.3 Å². The third-order valence-electron chi connectivity index (χ3n) is 3.11. The van der Waals surface area contributed by atoms with Gasteiger partial charge in [-0.1, -0.05) is 11.6 Å². The zero-order valence-electron chi connectivity index (χ0n) is 7.66. The van der Waals surface area contributed by atoms with Gasteiger partial charge in [-0.2, -0.15) is 0 Å². The van der Waals surface area contributed by atoms with Crippen molar-refractivity contribution in [2.75, 3.05) is 6.54 Å². The Morgan fingerprint density at radius 2 is 2.43 bits per heavy atom. The van der Waals surface area contributed by atoms with Crippen LogP contribution in [0.2, 0.25) is 5.02 Å². The van der Waals surface area contributed by atoms with E-state index in [4.69, 9.17) is 22.1 Å². The van der Waals surface area contributed by atoms with Crippen LogP contribution in [0.25, 0.3) is 0 Å². The second-order valence-corrected chi connectivity index (χ2v) is 4.43. The lowest BCUT2D eigenvalue weighted by atomic mass is 9.98. The Bertz CT molecular complexity index is 390. The van der Waals surface area contributed by atoms with Gasteiger partial charge in [-0.3, -0.25) is 4.98 Å². The highest BCUT2D eigenvalue weighted by Crippen LogP contribution is 2.56. The largest absolute Gasteiger partial charge is 0.485 e. The molecule has 1 aromatic rings. The van der Waals surface area contributed by atoms with Crippen LogP contribution in [0, 0.1) is 0 Å². The van der Waals surface area contributed by atoms with Crippen molar-refractivity contribution in [3.63, 3.8) is 0 Å². The van der Waals surface area contributed by atoms with Gasteiger partial charge in [-0.25, -0.2) is 0 Å². The van der Waals surface area contributed by atoms with Crippen molar-refractivity contribution >= 4 is 11.6 Å². The smallest absolute Gasteiger partial charge is 0.143 e. The van der Waals surface area contributed by atoms with Gasteiger partial charge in [0.05, 0.1) is 16.6 Å². The van der Waals surface area contributed by atoms with Crippen molar-refractivity contribution in [3.8, 4) is 5.75 Å². The van der Waals surface area contributed by atoms with Crippen LogP contribution in [-0.4, -0.2) is 17.1 Å². The number of pyridine rings is 1. The first kappa shape index (κ1) is 8.50. The first-order valence-corrected chi connectivity index (χ1v) is 5.17. The predicted molar refractivity (Wildman–Crippen MR) is 53.6 cm³/mol. The molecule has 0 unspecified atom stereocenters. The summed E-state index contributed by atoms with van der Waals surface area (Å²) in [6, 6.07) is 1.83. The molecule has 2 heterocycles. The Hall–Kier alpha value is -0.800. The van der Waals surface area contributed by atoms with E-state index in [1.807, 2.05) is 6.07 Å². The summed E-state index contributed by atoms with van der Waals surface area (Å²) < 4.78 is 5.86. The van der Waals surface area contributed by atoms with Crippen molar-refractivity contribution in [3.05, 3.63) is 23.0 Å². The molecular weight excluding hydrogens is 200 g/mol. The number of nitrogens with zero attached hydrogens (tertiary/aromatic N) is 1. The van der Waals surface area contributed by atoms with Gasteiger partial charge in [0, 0.05) is 18.8 Å². The molecule has 0 saturated heterocycles. The Morgan fingerprint density at radius 1 is 1.64 bits per heavy atom. The maximum Gasteiger partial charge on any atom is 0.143 e. The molecule has 1 aromatic heterocycles. The van der Waals surface area contributed by atoms with Crippen molar-refractivity contribution in [2.24, 2.45) is 5.73 Å². The standard InChI is InChI=1S/C10H11ClN2O/c11-6-3-8-9(13-5-6)7(4-12)10(14-8)1-2-10/h3,5,7H,1-2,4,12H2/t7-/m1/s1. The number of rotatable bonds is 1. The summed E-state index contributed by atoms with van der Waals surface area (Å²) in [5.74, 6) is 1.08. The molecule has 74 valence electrons. The fourth-order valence-electron chi connectivity index (χ4n) is 2.21. The van der Waals surface area contributed by atoms with Crippen LogP contribution < -0.4 is 10.5 Å². The zero-order chi connectivity index (χ0) is 9.76. The van der Waals surface area contributed by atoms with E-state index in [9.17, 15) is 0 Å². The molecular formula is C10H11ClN2O. The van der Waals surface area contributed by atoms with Gasteiger partial charge in [-0.15, -0.1) is 0 Å². The van der Waals surface area contributed by atoms with Gasteiger partial charge < -0.3 is 10.5 Å². The topological polar surface area (TPSA) is 48.1 Å². The number of hydrogen-bond acceptors (Lipinski definition) is 3. The molecule has 3 nitrogen and oxygen atoms in total. The number of aromatic nitrogens is 1. The molecule has 1 aliphatic heterocycles. The Kier molecular flexibility index (Phi) is 1.59. The molecule has 4 heteroatoms. The lowest BCUT2D eigenvalue weighted by Crippen LogP contribution is -2.27. The first-order valence-electron chi connectivity index (χ1n) is 4.80. The number of ether oxygens (including phenoxy) is 1. The van der Waals surface area contributed by atoms with Gasteiger partial charge in [0.2, 0.25) is 0 Å². The number of fused-ring (bicyclic) bond motifs is 1. The van der Waals surface area contributed by atoms with E-state index in [1.165, 1.54) is 0 Å². The minimum atomic E-state index is -0.0330. The third-order valence-corrected chi connectivity index (χ3v) is 3.31. The van der Waals surface area contributed by atoms with Crippen LogP contribution in [0.5, 0.6) is 5.75 Å². The average Bonchev–Trinajstić information content (AvgIpc) is 2.81. The highest BCUT2D eigenvalue weighted by atomic mass is 35.5. The monoisotopic (exact) mass is 210 g/mol. The summed E-state index contributed by atoms with van der Waals surface area (Å²) in [5.41, 5.74) is 6.70. The molecule has 1 aliphatic carbocycles. The van der Waals surface area contributed by atoms with Gasteiger partial charge in [-0.05, 0) is 12.8 Å². The van der Waals surface area contributed by atoms with Gasteiger partial charge >= 0.3 is 0 Å². The molecule has 14 heavy (non-hydrogen) atoms. The Morgan fingerprint density at radius 3 is 3.07 bits per heavy atom. The van der Waals surface area contributed by atoms with Crippen LogP contribution in [0.3, 0.4) is 0 Å². The summed E-state index contributed by atoms with van der Waals surface area (Å²) in [5, 5.41) is 0.622. The predicted octanol–water partition coefficient (Wildman–Crippen LogP) is 1.70. The maximum atomic E-state index is 5.86. The first-order chi connectivity index (χ1) is 6.75. The van der Waals surface area contributed by atoms with Gasteiger partial charge in [0.25, 0.3) is 0 Å². The Balaban J connectivity index is 2.08. The number of hydrogen-bond donors (Lipinski definition) is 1. The van der Waals surface area contributed by atoms with E-state index in [-0.39, 0.29) is 11.5 Å². The second kappa shape index (κ2) is 2.61. The second-order valence-electron chi connectivity index (χ2n) is 3.99.